The Morgan fingerprint density at radius 2 is 1.81 bits per heavy atom. The lowest BCUT2D eigenvalue weighted by Crippen LogP contribution is -2.42. The Kier molecular flexibility index (Phi) is 5.49. The van der Waals surface area contributed by atoms with Gasteiger partial charge in [-0.25, -0.2) is 4.79 Å². The molecule has 0 unspecified atom stereocenters. The lowest BCUT2D eigenvalue weighted by Gasteiger charge is -2.31. The number of aryl methyl sites for hydroxylation is 1. The Morgan fingerprint density at radius 1 is 1.03 bits per heavy atom. The van der Waals surface area contributed by atoms with Gasteiger partial charge in [-0.1, -0.05) is 30.3 Å². The summed E-state index contributed by atoms with van der Waals surface area (Å²) in [5, 5.41) is 1.16. The first-order valence-corrected chi connectivity index (χ1v) is 11.2. The SMILES string of the molecule is Cc1c(-c2ccc(OC3CCN(C(=O)OCC4CC4)CC3)cc2)ccc2cccnc12. The Hall–Kier alpha value is -3.08. The first-order valence-electron chi connectivity index (χ1n) is 11.2. The second-order valence-electron chi connectivity index (χ2n) is 8.66. The molecule has 1 aliphatic carbocycles. The van der Waals surface area contributed by atoms with Crippen molar-refractivity contribution in [2.75, 3.05) is 19.7 Å². The fourth-order valence-electron chi connectivity index (χ4n) is 4.23. The van der Waals surface area contributed by atoms with Crippen LogP contribution in [0.1, 0.15) is 31.2 Å². The Labute approximate surface area is 183 Å². The van der Waals surface area contributed by atoms with Crippen LogP contribution in [-0.4, -0.2) is 41.8 Å². The van der Waals surface area contributed by atoms with Crippen molar-refractivity contribution >= 4 is 17.0 Å². The number of aromatic nitrogens is 1. The largest absolute Gasteiger partial charge is 0.490 e. The molecule has 5 heteroatoms. The molecule has 160 valence electrons. The van der Waals surface area contributed by atoms with E-state index in [0.29, 0.717) is 25.6 Å². The van der Waals surface area contributed by atoms with Crippen molar-refractivity contribution in [3.63, 3.8) is 0 Å². The number of fused-ring (bicyclic) bond motifs is 1. The quantitative estimate of drug-likeness (QED) is 0.543. The van der Waals surface area contributed by atoms with E-state index in [1.807, 2.05) is 29.3 Å². The fourth-order valence-corrected chi connectivity index (χ4v) is 4.23. The van der Waals surface area contributed by atoms with Crippen molar-refractivity contribution in [1.82, 2.24) is 9.88 Å². The zero-order valence-corrected chi connectivity index (χ0v) is 17.9. The summed E-state index contributed by atoms with van der Waals surface area (Å²) in [5.74, 6) is 1.47. The number of hydrogen-bond donors (Lipinski definition) is 0. The van der Waals surface area contributed by atoms with Gasteiger partial charge in [-0.2, -0.15) is 0 Å². The van der Waals surface area contributed by atoms with Gasteiger partial charge >= 0.3 is 6.09 Å². The second-order valence-corrected chi connectivity index (χ2v) is 8.66. The van der Waals surface area contributed by atoms with E-state index in [0.717, 1.165) is 35.1 Å². The van der Waals surface area contributed by atoms with Gasteiger partial charge in [-0.15, -0.1) is 0 Å². The van der Waals surface area contributed by atoms with Crippen LogP contribution in [0.25, 0.3) is 22.0 Å². The van der Waals surface area contributed by atoms with Gasteiger partial charge in [0, 0.05) is 37.5 Å². The molecule has 1 amide bonds. The third-order valence-electron chi connectivity index (χ3n) is 6.34. The molecule has 0 bridgehead atoms. The molecule has 1 saturated carbocycles. The highest BCUT2D eigenvalue weighted by Crippen LogP contribution is 2.31. The van der Waals surface area contributed by atoms with Crippen molar-refractivity contribution in [2.24, 2.45) is 5.92 Å². The third-order valence-corrected chi connectivity index (χ3v) is 6.34. The van der Waals surface area contributed by atoms with Gasteiger partial charge in [0.15, 0.2) is 0 Å². The third kappa shape index (κ3) is 4.50. The number of hydrogen-bond acceptors (Lipinski definition) is 4. The first kappa shape index (κ1) is 19.9. The minimum absolute atomic E-state index is 0.130. The van der Waals surface area contributed by atoms with Crippen LogP contribution in [0.15, 0.2) is 54.7 Å². The van der Waals surface area contributed by atoms with Crippen LogP contribution in [0.5, 0.6) is 5.75 Å². The lowest BCUT2D eigenvalue weighted by atomic mass is 9.98. The molecule has 0 radical (unpaired) electrons. The number of ether oxygens (including phenoxy) is 2. The highest BCUT2D eigenvalue weighted by molar-refractivity contribution is 5.88. The van der Waals surface area contributed by atoms with Crippen LogP contribution in [0.4, 0.5) is 4.79 Å². The van der Waals surface area contributed by atoms with Gasteiger partial charge in [0.2, 0.25) is 0 Å². The van der Waals surface area contributed by atoms with E-state index >= 15 is 0 Å². The van der Waals surface area contributed by atoms with Crippen LogP contribution >= 0.6 is 0 Å². The number of benzene rings is 2. The van der Waals surface area contributed by atoms with Crippen molar-refractivity contribution in [1.29, 1.82) is 0 Å². The van der Waals surface area contributed by atoms with E-state index in [4.69, 9.17) is 9.47 Å². The van der Waals surface area contributed by atoms with Crippen molar-refractivity contribution in [2.45, 2.75) is 38.7 Å². The van der Waals surface area contributed by atoms with Crippen LogP contribution in [0.3, 0.4) is 0 Å². The summed E-state index contributed by atoms with van der Waals surface area (Å²) in [7, 11) is 0. The number of rotatable bonds is 5. The Morgan fingerprint density at radius 3 is 2.55 bits per heavy atom. The lowest BCUT2D eigenvalue weighted by molar-refractivity contribution is 0.0653. The predicted octanol–water partition coefficient (Wildman–Crippen LogP) is 5.60. The average Bonchev–Trinajstić information content (AvgIpc) is 3.64. The van der Waals surface area contributed by atoms with E-state index < -0.39 is 0 Å². The zero-order chi connectivity index (χ0) is 21.2. The van der Waals surface area contributed by atoms with Gasteiger partial charge in [-0.05, 0) is 60.6 Å². The number of amides is 1. The molecule has 0 N–H and O–H groups in total. The molecule has 0 spiro atoms. The fraction of sp³-hybridized carbons (Fsp3) is 0.385. The van der Waals surface area contributed by atoms with Crippen LogP contribution < -0.4 is 4.74 Å². The van der Waals surface area contributed by atoms with Crippen LogP contribution in [0, 0.1) is 12.8 Å². The maximum absolute atomic E-state index is 12.1. The predicted molar refractivity (Wildman–Crippen MR) is 121 cm³/mol. The molecule has 0 atom stereocenters. The molecule has 2 heterocycles. The Bertz CT molecular complexity index is 1070. The van der Waals surface area contributed by atoms with Crippen molar-refractivity contribution in [3.8, 4) is 16.9 Å². The average molecular weight is 417 g/mol. The molecular formula is C26H28N2O3. The Balaban J connectivity index is 1.18. The van der Waals surface area contributed by atoms with Crippen LogP contribution in [0.2, 0.25) is 0 Å². The smallest absolute Gasteiger partial charge is 0.409 e. The standard InChI is InChI=1S/C26H28N2O3/c1-18-24(11-8-21-3-2-14-27-25(18)21)20-6-9-22(10-7-20)31-23-12-15-28(16-13-23)26(29)30-17-19-4-5-19/h2-3,6-11,14,19,23H,4-5,12-13,15-17H2,1H3. The normalized spacial score (nSPS) is 17.0. The molecule has 31 heavy (non-hydrogen) atoms. The molecule has 2 aromatic carbocycles. The minimum Gasteiger partial charge on any atom is -0.490 e. The van der Waals surface area contributed by atoms with E-state index in [1.54, 1.807) is 0 Å². The maximum Gasteiger partial charge on any atom is 0.409 e. The van der Waals surface area contributed by atoms with Gasteiger partial charge in [-0.3, -0.25) is 4.98 Å². The van der Waals surface area contributed by atoms with E-state index in [9.17, 15) is 4.79 Å². The summed E-state index contributed by atoms with van der Waals surface area (Å²) in [6.45, 7) is 4.08. The molecule has 1 aromatic heterocycles. The zero-order valence-electron chi connectivity index (χ0n) is 17.9. The minimum atomic E-state index is -0.171. The number of piperidine rings is 1. The van der Waals surface area contributed by atoms with E-state index in [1.165, 1.54) is 24.0 Å². The summed E-state index contributed by atoms with van der Waals surface area (Å²) >= 11 is 0. The van der Waals surface area contributed by atoms with Gasteiger partial charge in [0.25, 0.3) is 0 Å². The monoisotopic (exact) mass is 416 g/mol. The van der Waals surface area contributed by atoms with E-state index in [2.05, 4.69) is 42.2 Å². The topological polar surface area (TPSA) is 51.7 Å². The summed E-state index contributed by atoms with van der Waals surface area (Å²) in [6.07, 6.45) is 5.85. The number of pyridine rings is 1. The van der Waals surface area contributed by atoms with Crippen molar-refractivity contribution in [3.05, 3.63) is 60.3 Å². The number of carbonyl (C=O) groups excluding carboxylic acids is 1. The first-order chi connectivity index (χ1) is 15.2. The number of nitrogens with zero attached hydrogens (tertiary/aromatic N) is 2. The number of carbonyl (C=O) groups is 1. The molecule has 3 aromatic rings. The number of likely N-dealkylation sites (tertiary alicyclic amines) is 1. The van der Waals surface area contributed by atoms with E-state index in [-0.39, 0.29) is 12.2 Å². The summed E-state index contributed by atoms with van der Waals surface area (Å²) in [4.78, 5) is 18.5. The van der Waals surface area contributed by atoms with Gasteiger partial charge in [0.1, 0.15) is 11.9 Å². The summed E-state index contributed by atoms with van der Waals surface area (Å²) in [5.41, 5.74) is 4.58. The van der Waals surface area contributed by atoms with Crippen molar-refractivity contribution < 1.29 is 14.3 Å². The highest BCUT2D eigenvalue weighted by Gasteiger charge is 2.27. The van der Waals surface area contributed by atoms with Gasteiger partial charge in [0.05, 0.1) is 12.1 Å². The molecule has 5 nitrogen and oxygen atoms in total. The maximum atomic E-state index is 12.1. The molecule has 2 fully saturated rings. The van der Waals surface area contributed by atoms with Crippen LogP contribution in [-0.2, 0) is 4.74 Å². The van der Waals surface area contributed by atoms with Gasteiger partial charge < -0.3 is 14.4 Å². The summed E-state index contributed by atoms with van der Waals surface area (Å²) in [6, 6.07) is 16.6. The second kappa shape index (κ2) is 8.58. The molecule has 1 aliphatic heterocycles. The molecule has 1 saturated heterocycles. The molecule has 2 aliphatic rings. The highest BCUT2D eigenvalue weighted by atomic mass is 16.6. The molecular weight excluding hydrogens is 388 g/mol. The molecule has 5 rings (SSSR count). The summed E-state index contributed by atoms with van der Waals surface area (Å²) < 4.78 is 11.6.